The first-order valence-electron chi connectivity index (χ1n) is 17.4. The lowest BCUT2D eigenvalue weighted by molar-refractivity contribution is 0.0162. The second-order valence-electron chi connectivity index (χ2n) is 12.4. The maximum absolute atomic E-state index is 11.0. The Hall–Kier alpha value is -3.76. The van der Waals surface area contributed by atoms with Crippen molar-refractivity contribution in [1.29, 1.82) is 0 Å². The second-order valence-corrected chi connectivity index (χ2v) is 12.4. The lowest BCUT2D eigenvalue weighted by Gasteiger charge is -2.38. The van der Waals surface area contributed by atoms with E-state index in [2.05, 4.69) is 72.8 Å². The van der Waals surface area contributed by atoms with Gasteiger partial charge in [-0.3, -0.25) is 0 Å². The Labute approximate surface area is 290 Å². The summed E-state index contributed by atoms with van der Waals surface area (Å²) in [7, 11) is 0. The van der Waals surface area contributed by atoms with Crippen LogP contribution in [0.1, 0.15) is 53.6 Å². The van der Waals surface area contributed by atoms with Crippen LogP contribution in [0.4, 0.5) is 0 Å². The van der Waals surface area contributed by atoms with Crippen molar-refractivity contribution in [3.63, 3.8) is 0 Å². The Morgan fingerprint density at radius 3 is 1.80 bits per heavy atom. The molecule has 8 heteroatoms. The quantitative estimate of drug-likeness (QED) is 0.0607. The summed E-state index contributed by atoms with van der Waals surface area (Å²) in [6.07, 6.45) is 0.165. The van der Waals surface area contributed by atoms with Crippen molar-refractivity contribution in [2.75, 3.05) is 52.9 Å². The van der Waals surface area contributed by atoms with Crippen molar-refractivity contribution in [2.45, 2.75) is 56.8 Å². The van der Waals surface area contributed by atoms with Gasteiger partial charge in [0.25, 0.3) is 0 Å². The summed E-state index contributed by atoms with van der Waals surface area (Å²) < 4.78 is 29.0. The third-order valence-electron chi connectivity index (χ3n) is 8.73. The molecule has 0 aliphatic carbocycles. The molecule has 1 aliphatic rings. The highest BCUT2D eigenvalue weighted by atomic mass is 16.6. The van der Waals surface area contributed by atoms with Gasteiger partial charge in [0.2, 0.25) is 0 Å². The maximum atomic E-state index is 11.0. The minimum absolute atomic E-state index is 0.0327. The summed E-state index contributed by atoms with van der Waals surface area (Å²) in [5.74, 6) is 1.38. The summed E-state index contributed by atoms with van der Waals surface area (Å²) in [5, 5.41) is 30.9. The molecule has 5 rings (SSSR count). The fraction of sp³-hybridized carbons (Fsp3) is 0.415. The molecular formula is C41H50O8. The lowest BCUT2D eigenvalue weighted by atomic mass is 9.64. The van der Waals surface area contributed by atoms with E-state index in [1.54, 1.807) is 0 Å². The first-order valence-corrected chi connectivity index (χ1v) is 17.4. The van der Waals surface area contributed by atoms with Gasteiger partial charge in [-0.15, -0.1) is 0 Å². The van der Waals surface area contributed by atoms with Crippen LogP contribution in [0.15, 0.2) is 97.1 Å². The van der Waals surface area contributed by atoms with Gasteiger partial charge in [-0.25, -0.2) is 0 Å². The summed E-state index contributed by atoms with van der Waals surface area (Å²) in [6.45, 7) is 6.49. The molecule has 0 spiro atoms. The lowest BCUT2D eigenvalue weighted by Crippen LogP contribution is -2.32. The van der Waals surface area contributed by atoms with E-state index < -0.39 is 17.6 Å². The highest BCUT2D eigenvalue weighted by molar-refractivity contribution is 5.62. The standard InChI is InChI=1S/C41H50O8/c1-3-45-26-36(43)24-30-22-34(16-18-39(30)47-21-11-20-42)41(32-12-7-5-8-13-32,33-14-9-6-10-15-33)35-17-19-40(31(23-35)25-38-29-48-38)49-28-37(44)27-46-4-2/h5-10,12-19,22-23,36-38,42-44H,3-4,11,20-21,24-29H2,1-2H3. The molecule has 0 aromatic heterocycles. The van der Waals surface area contributed by atoms with E-state index in [9.17, 15) is 15.3 Å². The number of aliphatic hydroxyl groups excluding tert-OH is 3. The topological polar surface area (TPSA) is 110 Å². The van der Waals surface area contributed by atoms with Crippen molar-refractivity contribution < 1.29 is 39.0 Å². The van der Waals surface area contributed by atoms with E-state index in [4.69, 9.17) is 23.7 Å². The molecule has 0 saturated carbocycles. The average Bonchev–Trinajstić information content (AvgIpc) is 3.96. The van der Waals surface area contributed by atoms with Crippen molar-refractivity contribution in [3.8, 4) is 11.5 Å². The fourth-order valence-corrected chi connectivity index (χ4v) is 6.33. The van der Waals surface area contributed by atoms with Gasteiger partial charge in [-0.1, -0.05) is 84.9 Å². The molecule has 4 aromatic rings. The zero-order valence-electron chi connectivity index (χ0n) is 28.6. The molecule has 0 radical (unpaired) electrons. The van der Waals surface area contributed by atoms with Gasteiger partial charge in [0, 0.05) is 39.1 Å². The van der Waals surface area contributed by atoms with Crippen molar-refractivity contribution >= 4 is 0 Å². The Morgan fingerprint density at radius 2 is 1.24 bits per heavy atom. The monoisotopic (exact) mass is 670 g/mol. The summed E-state index contributed by atoms with van der Waals surface area (Å²) in [5.41, 5.74) is 5.28. The Morgan fingerprint density at radius 1 is 0.694 bits per heavy atom. The first kappa shape index (κ1) is 36.5. The molecule has 1 fully saturated rings. The first-order chi connectivity index (χ1) is 24.0. The number of ether oxygens (including phenoxy) is 5. The van der Waals surface area contributed by atoms with Gasteiger partial charge in [0.1, 0.15) is 24.2 Å². The molecule has 3 N–H and O–H groups in total. The zero-order chi connectivity index (χ0) is 34.5. The Balaban J connectivity index is 1.68. The van der Waals surface area contributed by atoms with Crippen molar-refractivity contribution in [3.05, 3.63) is 130 Å². The minimum atomic E-state index is -0.766. The molecule has 1 saturated heterocycles. The van der Waals surface area contributed by atoms with Crippen LogP contribution in [0.25, 0.3) is 0 Å². The molecule has 262 valence electrons. The van der Waals surface area contributed by atoms with E-state index >= 15 is 0 Å². The van der Waals surface area contributed by atoms with E-state index in [1.807, 2.05) is 38.1 Å². The normalized spacial score (nSPS) is 15.5. The molecule has 4 aromatic carbocycles. The number of aliphatic hydroxyl groups is 3. The summed E-state index contributed by atoms with van der Waals surface area (Å²) in [6, 6.07) is 33.4. The molecule has 8 nitrogen and oxygen atoms in total. The third-order valence-corrected chi connectivity index (χ3v) is 8.73. The van der Waals surface area contributed by atoms with Crippen LogP contribution in [0, 0.1) is 0 Å². The predicted molar refractivity (Wildman–Crippen MR) is 190 cm³/mol. The van der Waals surface area contributed by atoms with E-state index in [1.165, 1.54) is 0 Å². The SMILES string of the molecule is CCOCC(O)COc1ccc(C(c2ccccc2)(c2ccccc2)c2ccc(OCCCO)c(CC(O)COCC)c2)cc1CC1CO1. The highest BCUT2D eigenvalue weighted by Gasteiger charge is 2.40. The van der Waals surface area contributed by atoms with Gasteiger partial charge in [-0.2, -0.15) is 0 Å². The van der Waals surface area contributed by atoms with Gasteiger partial charge in [0.15, 0.2) is 0 Å². The molecule has 1 heterocycles. The molecule has 0 bridgehead atoms. The van der Waals surface area contributed by atoms with Crippen LogP contribution >= 0.6 is 0 Å². The van der Waals surface area contributed by atoms with Crippen LogP contribution < -0.4 is 9.47 Å². The van der Waals surface area contributed by atoms with Gasteiger partial charge >= 0.3 is 0 Å². The van der Waals surface area contributed by atoms with E-state index in [-0.39, 0.29) is 32.5 Å². The van der Waals surface area contributed by atoms with Crippen LogP contribution in [0.2, 0.25) is 0 Å². The van der Waals surface area contributed by atoms with E-state index in [0.717, 1.165) is 33.4 Å². The number of rotatable bonds is 21. The van der Waals surface area contributed by atoms with Crippen LogP contribution in [-0.2, 0) is 32.5 Å². The maximum Gasteiger partial charge on any atom is 0.122 e. The minimum Gasteiger partial charge on any atom is -0.493 e. The Bertz CT molecular complexity index is 1520. The molecule has 1 aliphatic heterocycles. The molecular weight excluding hydrogens is 620 g/mol. The highest BCUT2D eigenvalue weighted by Crippen LogP contribution is 2.47. The molecule has 49 heavy (non-hydrogen) atoms. The largest absolute Gasteiger partial charge is 0.493 e. The van der Waals surface area contributed by atoms with Crippen LogP contribution in [0.3, 0.4) is 0 Å². The summed E-state index contributed by atoms with van der Waals surface area (Å²) >= 11 is 0. The van der Waals surface area contributed by atoms with Crippen LogP contribution in [0.5, 0.6) is 11.5 Å². The second kappa shape index (κ2) is 18.3. The third kappa shape index (κ3) is 9.48. The van der Waals surface area contributed by atoms with E-state index in [0.29, 0.717) is 57.2 Å². The smallest absolute Gasteiger partial charge is 0.122 e. The predicted octanol–water partition coefficient (Wildman–Crippen LogP) is 5.49. The van der Waals surface area contributed by atoms with Gasteiger partial charge in [-0.05, 0) is 59.4 Å². The average molecular weight is 671 g/mol. The van der Waals surface area contributed by atoms with Gasteiger partial charge < -0.3 is 39.0 Å². The van der Waals surface area contributed by atoms with Crippen molar-refractivity contribution in [1.82, 2.24) is 0 Å². The zero-order valence-corrected chi connectivity index (χ0v) is 28.6. The molecule has 0 amide bonds. The number of hydrogen-bond acceptors (Lipinski definition) is 8. The van der Waals surface area contributed by atoms with Crippen molar-refractivity contribution in [2.24, 2.45) is 0 Å². The molecule has 3 unspecified atom stereocenters. The van der Waals surface area contributed by atoms with Crippen LogP contribution in [-0.4, -0.2) is 86.5 Å². The molecule has 3 atom stereocenters. The number of hydrogen-bond donors (Lipinski definition) is 3. The number of benzene rings is 4. The Kier molecular flexibility index (Phi) is 13.6. The van der Waals surface area contributed by atoms with Gasteiger partial charge in [0.05, 0.1) is 44.1 Å². The summed E-state index contributed by atoms with van der Waals surface area (Å²) in [4.78, 5) is 0. The fourth-order valence-electron chi connectivity index (χ4n) is 6.33. The number of epoxide rings is 1.